The number of nitrogens with one attached hydrogen (secondary N) is 2. The van der Waals surface area contributed by atoms with E-state index in [-0.39, 0.29) is 10.9 Å². The fourth-order valence-electron chi connectivity index (χ4n) is 5.40. The van der Waals surface area contributed by atoms with Gasteiger partial charge in [-0.2, -0.15) is 10.1 Å². The Morgan fingerprint density at radius 2 is 2.09 bits per heavy atom. The number of alkyl halides is 2. The minimum absolute atomic E-state index is 0.159. The molecule has 180 valence electrons. The van der Waals surface area contributed by atoms with Crippen molar-refractivity contribution in [2.45, 2.75) is 63.2 Å². The van der Waals surface area contributed by atoms with E-state index in [1.165, 1.54) is 12.6 Å². The first kappa shape index (κ1) is 21.5. The maximum Gasteiger partial charge on any atom is 0.263 e. The highest BCUT2D eigenvalue weighted by Crippen LogP contribution is 2.44. The molecule has 3 atom stereocenters. The zero-order chi connectivity index (χ0) is 23.6. The van der Waals surface area contributed by atoms with Crippen LogP contribution in [0.2, 0.25) is 0 Å². The van der Waals surface area contributed by atoms with Gasteiger partial charge in [0.25, 0.3) is 12.0 Å². The van der Waals surface area contributed by atoms with Gasteiger partial charge < -0.3 is 20.1 Å². The predicted molar refractivity (Wildman–Crippen MR) is 125 cm³/mol. The summed E-state index contributed by atoms with van der Waals surface area (Å²) in [6, 6.07) is 2.61. The standard InChI is InChI=1S/C23H28F2N8O/c1-23(4-5-23)30-20-19-16(3-6-32(21(19)34)12-18(24)25)28-22(29-20)27-14-9-26-33(11-14)17-8-15-7-13(17)10-31(15)2/h3,6,9,11,13,15,17-18H,4-5,7-8,10,12H2,1-2H3,(H2,27,28,29,30)/t13-,15-,17+/m1/s1. The molecular weight excluding hydrogens is 442 g/mol. The molecule has 2 N–H and O–H groups in total. The van der Waals surface area contributed by atoms with Crippen LogP contribution in [0.1, 0.15) is 38.6 Å². The summed E-state index contributed by atoms with van der Waals surface area (Å²) in [7, 11) is 2.18. The molecule has 4 heterocycles. The monoisotopic (exact) mass is 470 g/mol. The second-order valence-electron chi connectivity index (χ2n) is 10.2. The number of nitrogens with zero attached hydrogens (tertiary/aromatic N) is 6. The Bertz CT molecular complexity index is 1300. The number of rotatable bonds is 7. The quantitative estimate of drug-likeness (QED) is 0.548. The van der Waals surface area contributed by atoms with Crippen LogP contribution in [0.15, 0.2) is 29.5 Å². The molecule has 1 aliphatic heterocycles. The van der Waals surface area contributed by atoms with Crippen molar-refractivity contribution in [1.29, 1.82) is 0 Å². The Hall–Kier alpha value is -3.08. The number of halogens is 2. The lowest BCUT2D eigenvalue weighted by Gasteiger charge is -2.28. The summed E-state index contributed by atoms with van der Waals surface area (Å²) in [5.74, 6) is 1.31. The number of likely N-dealkylation sites (tertiary alicyclic amines) is 1. The summed E-state index contributed by atoms with van der Waals surface area (Å²) in [5, 5.41) is 11.4. The van der Waals surface area contributed by atoms with Crippen molar-refractivity contribution in [1.82, 2.24) is 29.2 Å². The molecule has 0 spiro atoms. The number of hydrogen-bond donors (Lipinski definition) is 2. The van der Waals surface area contributed by atoms with E-state index in [0.717, 1.165) is 36.1 Å². The molecule has 3 aliphatic rings. The largest absolute Gasteiger partial charge is 0.364 e. The van der Waals surface area contributed by atoms with Crippen LogP contribution in [0.3, 0.4) is 0 Å². The summed E-state index contributed by atoms with van der Waals surface area (Å²) < 4.78 is 28.9. The third kappa shape index (κ3) is 3.81. The fraction of sp³-hybridized carbons (Fsp3) is 0.565. The Kier molecular flexibility index (Phi) is 4.87. The third-order valence-electron chi connectivity index (χ3n) is 7.55. The molecule has 3 aromatic rings. The second-order valence-corrected chi connectivity index (χ2v) is 10.2. The summed E-state index contributed by atoms with van der Waals surface area (Å²) >= 11 is 0. The minimum atomic E-state index is -2.62. The predicted octanol–water partition coefficient (Wildman–Crippen LogP) is 3.23. The van der Waals surface area contributed by atoms with Crippen LogP contribution in [-0.4, -0.2) is 60.8 Å². The molecule has 2 aliphatic carbocycles. The number of piperidine rings is 1. The molecule has 0 amide bonds. The third-order valence-corrected chi connectivity index (χ3v) is 7.55. The van der Waals surface area contributed by atoms with Crippen LogP contribution in [0, 0.1) is 5.92 Å². The average molecular weight is 471 g/mol. The molecular formula is C23H28F2N8O. The molecule has 1 saturated heterocycles. The van der Waals surface area contributed by atoms with E-state index in [0.29, 0.717) is 35.3 Å². The molecule has 0 radical (unpaired) electrons. The van der Waals surface area contributed by atoms with Crippen molar-refractivity contribution < 1.29 is 8.78 Å². The van der Waals surface area contributed by atoms with Gasteiger partial charge in [-0.25, -0.2) is 13.8 Å². The topological polar surface area (TPSA) is 92.9 Å². The molecule has 3 fully saturated rings. The molecule has 0 unspecified atom stereocenters. The molecule has 6 rings (SSSR count). The van der Waals surface area contributed by atoms with Crippen molar-refractivity contribution in [2.75, 3.05) is 24.2 Å². The van der Waals surface area contributed by atoms with Crippen LogP contribution < -0.4 is 16.2 Å². The molecule has 2 saturated carbocycles. The van der Waals surface area contributed by atoms with Crippen molar-refractivity contribution >= 4 is 28.4 Å². The zero-order valence-electron chi connectivity index (χ0n) is 19.2. The first-order chi connectivity index (χ1) is 16.3. The van der Waals surface area contributed by atoms with Crippen molar-refractivity contribution in [2.24, 2.45) is 5.92 Å². The number of aromatic nitrogens is 5. The molecule has 34 heavy (non-hydrogen) atoms. The van der Waals surface area contributed by atoms with E-state index < -0.39 is 18.5 Å². The highest BCUT2D eigenvalue weighted by atomic mass is 19.3. The summed E-state index contributed by atoms with van der Waals surface area (Å²) in [6.45, 7) is 2.48. The normalized spacial score (nSPS) is 25.4. The molecule has 9 nitrogen and oxygen atoms in total. The maximum atomic E-state index is 13.0. The van der Waals surface area contributed by atoms with Gasteiger partial charge in [-0.15, -0.1) is 0 Å². The van der Waals surface area contributed by atoms with Gasteiger partial charge in [0, 0.05) is 30.5 Å². The van der Waals surface area contributed by atoms with Crippen LogP contribution >= 0.6 is 0 Å². The first-order valence-corrected chi connectivity index (χ1v) is 11.8. The number of fused-ring (bicyclic) bond motifs is 3. The minimum Gasteiger partial charge on any atom is -0.364 e. The van der Waals surface area contributed by atoms with Gasteiger partial charge in [0.2, 0.25) is 5.95 Å². The summed E-state index contributed by atoms with van der Waals surface area (Å²) in [4.78, 5) is 24.5. The van der Waals surface area contributed by atoms with Gasteiger partial charge in [-0.05, 0) is 51.6 Å². The van der Waals surface area contributed by atoms with E-state index in [1.807, 2.05) is 17.8 Å². The molecule has 0 aromatic carbocycles. The summed E-state index contributed by atoms with van der Waals surface area (Å²) in [6.07, 6.45) is 6.70. The molecule has 2 bridgehead atoms. The highest BCUT2D eigenvalue weighted by molar-refractivity contribution is 5.90. The van der Waals surface area contributed by atoms with Crippen LogP contribution in [0.25, 0.3) is 10.9 Å². The number of pyridine rings is 1. The van der Waals surface area contributed by atoms with E-state index in [1.54, 1.807) is 12.3 Å². The molecule has 11 heteroatoms. The van der Waals surface area contributed by atoms with Crippen LogP contribution in [-0.2, 0) is 6.54 Å². The highest BCUT2D eigenvalue weighted by Gasteiger charge is 2.44. The lowest BCUT2D eigenvalue weighted by Crippen LogP contribution is -2.33. The zero-order valence-corrected chi connectivity index (χ0v) is 19.2. The van der Waals surface area contributed by atoms with Gasteiger partial charge in [-0.3, -0.25) is 9.48 Å². The SMILES string of the molecule is CN1C[C@H]2C[C@@H]1C[C@@H]2n1cc(Nc2nc(NC3(C)CC3)c3c(=O)n(CC(F)F)ccc3n2)cn1. The number of anilines is 3. The maximum absolute atomic E-state index is 13.0. The average Bonchev–Trinajstić information content (AvgIpc) is 3.12. The lowest BCUT2D eigenvalue weighted by molar-refractivity contribution is 0.125. The Labute approximate surface area is 195 Å². The fourth-order valence-corrected chi connectivity index (χ4v) is 5.40. The molecule has 3 aromatic heterocycles. The van der Waals surface area contributed by atoms with Gasteiger partial charge >= 0.3 is 0 Å². The number of hydrogen-bond acceptors (Lipinski definition) is 7. The van der Waals surface area contributed by atoms with Gasteiger partial charge in [-0.1, -0.05) is 0 Å². The Morgan fingerprint density at radius 3 is 2.76 bits per heavy atom. The van der Waals surface area contributed by atoms with E-state index >= 15 is 0 Å². The van der Waals surface area contributed by atoms with Crippen molar-refractivity contribution in [3.8, 4) is 0 Å². The van der Waals surface area contributed by atoms with Gasteiger partial charge in [0.1, 0.15) is 11.2 Å². The summed E-state index contributed by atoms with van der Waals surface area (Å²) in [5.41, 5.74) is 0.493. The van der Waals surface area contributed by atoms with Crippen LogP contribution in [0.4, 0.5) is 26.2 Å². The first-order valence-electron chi connectivity index (χ1n) is 11.8. The van der Waals surface area contributed by atoms with Crippen molar-refractivity contribution in [3.63, 3.8) is 0 Å². The van der Waals surface area contributed by atoms with Crippen LogP contribution in [0.5, 0.6) is 0 Å². The lowest BCUT2D eigenvalue weighted by atomic mass is 10.0. The van der Waals surface area contributed by atoms with Gasteiger partial charge in [0.15, 0.2) is 0 Å². The van der Waals surface area contributed by atoms with E-state index in [9.17, 15) is 13.6 Å². The van der Waals surface area contributed by atoms with Crippen molar-refractivity contribution in [3.05, 3.63) is 35.0 Å². The van der Waals surface area contributed by atoms with Gasteiger partial charge in [0.05, 0.1) is 30.0 Å². The van der Waals surface area contributed by atoms with E-state index in [2.05, 4.69) is 37.6 Å². The Balaban J connectivity index is 1.31. The second kappa shape index (κ2) is 7.72. The van der Waals surface area contributed by atoms with E-state index in [4.69, 9.17) is 0 Å². The smallest absolute Gasteiger partial charge is 0.263 e. The Morgan fingerprint density at radius 1 is 1.26 bits per heavy atom.